The van der Waals surface area contributed by atoms with Crippen molar-refractivity contribution in [1.82, 2.24) is 0 Å². The summed E-state index contributed by atoms with van der Waals surface area (Å²) in [5.74, 6) is -1.33. The molecule has 0 unspecified atom stereocenters. The molecule has 0 fully saturated rings. The van der Waals surface area contributed by atoms with Crippen molar-refractivity contribution in [2.75, 3.05) is 26.6 Å². The van der Waals surface area contributed by atoms with E-state index in [0.29, 0.717) is 17.9 Å². The molecule has 0 N–H and O–H groups in total. The molecule has 4 rings (SSSR count). The Hall–Kier alpha value is -6.95. The molecule has 57 heavy (non-hydrogen) atoms. The van der Waals surface area contributed by atoms with Crippen molar-refractivity contribution in [3.05, 3.63) is 139 Å². The van der Waals surface area contributed by atoms with Gasteiger partial charge in [0.2, 0.25) is 6.79 Å². The molecule has 0 saturated carbocycles. The smallest absolute Gasteiger partial charge is 0.343 e. The Morgan fingerprint density at radius 3 is 1.70 bits per heavy atom. The van der Waals surface area contributed by atoms with Crippen molar-refractivity contribution in [1.29, 1.82) is 0 Å². The van der Waals surface area contributed by atoms with E-state index in [9.17, 15) is 24.0 Å². The van der Waals surface area contributed by atoms with E-state index in [2.05, 4.69) is 19.7 Å². The Kier molecular flexibility index (Phi) is 15.1. The second-order valence-electron chi connectivity index (χ2n) is 13.5. The Balaban J connectivity index is 1.26. The summed E-state index contributed by atoms with van der Waals surface area (Å²) in [4.78, 5) is 60.6. The third-order valence-corrected chi connectivity index (χ3v) is 8.13. The predicted molar refractivity (Wildman–Crippen MR) is 213 cm³/mol. The predicted octanol–water partition coefficient (Wildman–Crippen LogP) is 8.15. The molecule has 0 aliphatic carbocycles. The second-order valence-corrected chi connectivity index (χ2v) is 13.5. The number of benzene rings is 4. The van der Waals surface area contributed by atoms with E-state index in [4.69, 9.17) is 33.2 Å². The largest absolute Gasteiger partial charge is 0.494 e. The van der Waals surface area contributed by atoms with Crippen LogP contribution in [0.5, 0.6) is 23.0 Å². The van der Waals surface area contributed by atoms with Crippen molar-refractivity contribution in [3.63, 3.8) is 0 Å². The summed E-state index contributed by atoms with van der Waals surface area (Å²) >= 11 is 0. The molecule has 0 atom stereocenters. The Morgan fingerprint density at radius 1 is 0.596 bits per heavy atom. The number of carbonyl (C=O) groups excluding carboxylic acids is 5. The second kappa shape index (κ2) is 20.1. The lowest BCUT2D eigenvalue weighted by molar-refractivity contribution is -0.149. The van der Waals surface area contributed by atoms with Gasteiger partial charge in [-0.05, 0) is 116 Å². The number of ether oxygens (including phenoxy) is 7. The van der Waals surface area contributed by atoms with E-state index in [0.717, 1.165) is 16.3 Å². The first-order valence-electron chi connectivity index (χ1n) is 17.7. The van der Waals surface area contributed by atoms with Crippen LogP contribution in [0.1, 0.15) is 50.0 Å². The average molecular weight is 777 g/mol. The lowest BCUT2D eigenvalue weighted by Gasteiger charge is -2.28. The molecule has 0 saturated heterocycles. The quantitative estimate of drug-likeness (QED) is 0.0297. The number of fused-ring (bicyclic) bond motifs is 1. The number of esters is 5. The van der Waals surface area contributed by atoms with Gasteiger partial charge in [0.1, 0.15) is 36.2 Å². The summed E-state index contributed by atoms with van der Waals surface area (Å²) in [7, 11) is 0. The van der Waals surface area contributed by atoms with Gasteiger partial charge in [-0.25, -0.2) is 24.0 Å². The van der Waals surface area contributed by atoms with Crippen molar-refractivity contribution >= 4 is 46.7 Å². The van der Waals surface area contributed by atoms with Crippen LogP contribution in [-0.2, 0) is 33.4 Å². The minimum Gasteiger partial charge on any atom is -0.494 e. The van der Waals surface area contributed by atoms with E-state index in [1.165, 1.54) is 61.5 Å². The lowest BCUT2D eigenvalue weighted by atomic mass is 9.89. The summed E-state index contributed by atoms with van der Waals surface area (Å²) in [6.07, 6.45) is 3.36. The molecule has 12 heteroatoms. The van der Waals surface area contributed by atoms with Crippen molar-refractivity contribution < 1.29 is 57.1 Å². The highest BCUT2D eigenvalue weighted by Crippen LogP contribution is 2.27. The standard InChI is InChI=1S/C45H44O12/c1-29(2)41(47)52-26-45(7,27-53-42(48)30(3)4)22-23-51-39-16-13-34-24-32(8-10-35(34)25-39)9-21-40(46)56-37-17-19-38(20-18-37)57-44(50)33-11-14-36(15-12-33)54-28-55-43(49)31(5)6/h8-21,24-25H,1,3,5,22-23,26-28H2,2,4,6-7H3/b21-9+. The fourth-order valence-corrected chi connectivity index (χ4v) is 4.78. The zero-order chi connectivity index (χ0) is 41.5. The third-order valence-electron chi connectivity index (χ3n) is 8.13. The average Bonchev–Trinajstić information content (AvgIpc) is 3.19. The first-order valence-corrected chi connectivity index (χ1v) is 17.7. The van der Waals surface area contributed by atoms with E-state index in [1.807, 2.05) is 43.3 Å². The fourth-order valence-electron chi connectivity index (χ4n) is 4.78. The summed E-state index contributed by atoms with van der Waals surface area (Å²) in [6, 6.07) is 23.4. The van der Waals surface area contributed by atoms with Crippen LogP contribution in [0.4, 0.5) is 0 Å². The van der Waals surface area contributed by atoms with E-state index < -0.39 is 35.3 Å². The molecular weight excluding hydrogens is 732 g/mol. The van der Waals surface area contributed by atoms with Gasteiger partial charge in [0.15, 0.2) is 0 Å². The minimum absolute atomic E-state index is 0.00597. The van der Waals surface area contributed by atoms with Crippen molar-refractivity contribution in [2.24, 2.45) is 5.41 Å². The van der Waals surface area contributed by atoms with E-state index in [-0.39, 0.29) is 60.4 Å². The molecule has 0 aliphatic heterocycles. The summed E-state index contributed by atoms with van der Waals surface area (Å²) in [5, 5.41) is 1.82. The molecule has 0 amide bonds. The maximum absolute atomic E-state index is 12.6. The van der Waals surface area contributed by atoms with Crippen LogP contribution in [-0.4, -0.2) is 56.5 Å². The van der Waals surface area contributed by atoms with Crippen molar-refractivity contribution in [2.45, 2.75) is 34.1 Å². The molecule has 0 radical (unpaired) electrons. The first-order chi connectivity index (χ1) is 27.1. The molecule has 0 aromatic heterocycles. The number of hydrogen-bond donors (Lipinski definition) is 0. The van der Waals surface area contributed by atoms with Gasteiger partial charge in [0, 0.05) is 28.2 Å². The van der Waals surface area contributed by atoms with Crippen molar-refractivity contribution in [3.8, 4) is 23.0 Å². The normalized spacial score (nSPS) is 10.9. The zero-order valence-electron chi connectivity index (χ0n) is 32.3. The van der Waals surface area contributed by atoms with Gasteiger partial charge >= 0.3 is 29.8 Å². The fraction of sp³-hybridized carbons (Fsp3) is 0.222. The van der Waals surface area contributed by atoms with E-state index in [1.54, 1.807) is 19.9 Å². The summed E-state index contributed by atoms with van der Waals surface area (Å²) < 4.78 is 37.8. The van der Waals surface area contributed by atoms with Gasteiger partial charge in [-0.3, -0.25) is 0 Å². The first kappa shape index (κ1) is 42.8. The number of rotatable bonds is 19. The maximum atomic E-state index is 12.6. The zero-order valence-corrected chi connectivity index (χ0v) is 32.3. The van der Waals surface area contributed by atoms with Gasteiger partial charge in [0.05, 0.1) is 12.2 Å². The SMILES string of the molecule is C=C(C)C(=O)OCOc1ccc(C(=O)Oc2ccc(OC(=O)/C=C/c3ccc4cc(OCCC(C)(COC(=O)C(=C)C)COC(=O)C(=C)C)ccc4c3)cc2)cc1. The third kappa shape index (κ3) is 13.7. The van der Waals surface area contributed by atoms with E-state index >= 15 is 0 Å². The highest BCUT2D eigenvalue weighted by molar-refractivity contribution is 5.92. The Morgan fingerprint density at radius 2 is 1.11 bits per heavy atom. The monoisotopic (exact) mass is 776 g/mol. The number of carbonyl (C=O) groups is 5. The molecule has 12 nitrogen and oxygen atoms in total. The molecule has 4 aromatic carbocycles. The molecule has 0 bridgehead atoms. The molecular formula is C45H44O12. The van der Waals surface area contributed by atoms with Gasteiger partial charge in [-0.15, -0.1) is 0 Å². The van der Waals surface area contributed by atoms with Crippen LogP contribution in [0.2, 0.25) is 0 Å². The van der Waals surface area contributed by atoms with Gasteiger partial charge in [-0.2, -0.15) is 0 Å². The van der Waals surface area contributed by atoms with Crippen LogP contribution in [0.25, 0.3) is 16.8 Å². The lowest BCUT2D eigenvalue weighted by Crippen LogP contribution is -2.33. The molecule has 4 aromatic rings. The van der Waals surface area contributed by atoms with Crippen LogP contribution >= 0.6 is 0 Å². The topological polar surface area (TPSA) is 150 Å². The minimum atomic E-state index is -0.715. The molecule has 296 valence electrons. The summed E-state index contributed by atoms with van der Waals surface area (Å²) in [6.45, 7) is 17.2. The number of hydrogen-bond acceptors (Lipinski definition) is 12. The highest BCUT2D eigenvalue weighted by atomic mass is 16.7. The van der Waals surface area contributed by atoms with Crippen LogP contribution in [0.15, 0.2) is 127 Å². The van der Waals surface area contributed by atoms with Crippen LogP contribution in [0.3, 0.4) is 0 Å². The summed E-state index contributed by atoms with van der Waals surface area (Å²) in [5.41, 5.74) is 1.11. The molecule has 0 heterocycles. The maximum Gasteiger partial charge on any atom is 0.343 e. The molecule has 0 spiro atoms. The van der Waals surface area contributed by atoms with Gasteiger partial charge in [-0.1, -0.05) is 44.9 Å². The van der Waals surface area contributed by atoms with Crippen LogP contribution < -0.4 is 18.9 Å². The van der Waals surface area contributed by atoms with Crippen LogP contribution in [0, 0.1) is 5.41 Å². The highest BCUT2D eigenvalue weighted by Gasteiger charge is 2.29. The van der Waals surface area contributed by atoms with Gasteiger partial charge in [0.25, 0.3) is 0 Å². The Labute approximate surface area is 330 Å². The molecule has 0 aliphatic rings. The Bertz CT molecular complexity index is 2150. The van der Waals surface area contributed by atoms with Gasteiger partial charge < -0.3 is 33.2 Å².